The monoisotopic (exact) mass is 437 g/mol. The maximum Gasteiger partial charge on any atom is 0.161 e. The van der Waals surface area contributed by atoms with Gasteiger partial charge >= 0.3 is 0 Å². The van der Waals surface area contributed by atoms with Crippen molar-refractivity contribution in [2.75, 3.05) is 40.4 Å². The van der Waals surface area contributed by atoms with Crippen molar-refractivity contribution in [3.05, 3.63) is 65.9 Å². The first-order valence-corrected chi connectivity index (χ1v) is 11.2. The van der Waals surface area contributed by atoms with Crippen molar-refractivity contribution in [2.24, 2.45) is 0 Å². The summed E-state index contributed by atoms with van der Waals surface area (Å²) in [6.45, 7) is 8.46. The number of aliphatic hydroxyl groups is 1. The maximum atomic E-state index is 10.3. The van der Waals surface area contributed by atoms with E-state index in [2.05, 4.69) is 66.0 Å². The SMILES string of the molecule is CCN(CC)C[C@H](O)COc1ccc(CN(C)Cc2ccc3ncccc3c2)cc1OC. The first-order chi connectivity index (χ1) is 15.5. The zero-order valence-electron chi connectivity index (χ0n) is 19.6. The van der Waals surface area contributed by atoms with Crippen LogP contribution in [0, 0.1) is 0 Å². The number of methoxy groups -OCH3 is 1. The summed E-state index contributed by atoms with van der Waals surface area (Å²) in [5.74, 6) is 1.34. The van der Waals surface area contributed by atoms with E-state index >= 15 is 0 Å². The fourth-order valence-corrected chi connectivity index (χ4v) is 3.85. The summed E-state index contributed by atoms with van der Waals surface area (Å²) < 4.78 is 11.4. The minimum absolute atomic E-state index is 0.239. The molecule has 0 aliphatic rings. The molecule has 0 bridgehead atoms. The Morgan fingerprint density at radius 2 is 1.69 bits per heavy atom. The molecule has 0 unspecified atom stereocenters. The molecule has 1 aromatic heterocycles. The predicted molar refractivity (Wildman–Crippen MR) is 129 cm³/mol. The lowest BCUT2D eigenvalue weighted by Gasteiger charge is -2.22. The van der Waals surface area contributed by atoms with E-state index in [-0.39, 0.29) is 6.61 Å². The van der Waals surface area contributed by atoms with E-state index in [1.807, 2.05) is 24.4 Å². The zero-order valence-corrected chi connectivity index (χ0v) is 19.6. The van der Waals surface area contributed by atoms with E-state index in [1.54, 1.807) is 7.11 Å². The number of aromatic nitrogens is 1. The molecule has 1 N–H and O–H groups in total. The molecule has 2 aromatic carbocycles. The van der Waals surface area contributed by atoms with Crippen molar-refractivity contribution in [1.29, 1.82) is 0 Å². The minimum Gasteiger partial charge on any atom is -0.493 e. The number of rotatable bonds is 12. The Labute approximate surface area is 191 Å². The van der Waals surface area contributed by atoms with Crippen LogP contribution in [0.15, 0.2) is 54.7 Å². The van der Waals surface area contributed by atoms with Crippen molar-refractivity contribution in [3.8, 4) is 11.5 Å². The number of pyridine rings is 1. The maximum absolute atomic E-state index is 10.3. The lowest BCUT2D eigenvalue weighted by atomic mass is 10.1. The second kappa shape index (κ2) is 11.8. The molecule has 0 spiro atoms. The highest BCUT2D eigenvalue weighted by Crippen LogP contribution is 2.29. The zero-order chi connectivity index (χ0) is 22.9. The third-order valence-electron chi connectivity index (χ3n) is 5.60. The molecule has 1 atom stereocenters. The van der Waals surface area contributed by atoms with E-state index < -0.39 is 6.10 Å². The summed E-state index contributed by atoms with van der Waals surface area (Å²) in [5.41, 5.74) is 3.41. The third kappa shape index (κ3) is 6.66. The highest BCUT2D eigenvalue weighted by Gasteiger charge is 2.13. The van der Waals surface area contributed by atoms with Gasteiger partial charge in [-0.1, -0.05) is 32.0 Å². The van der Waals surface area contributed by atoms with Gasteiger partial charge in [-0.25, -0.2) is 0 Å². The molecule has 0 amide bonds. The van der Waals surface area contributed by atoms with Crippen molar-refractivity contribution < 1.29 is 14.6 Å². The predicted octanol–water partition coefficient (Wildman–Crippen LogP) is 3.96. The molecule has 3 rings (SSSR count). The number of benzene rings is 2. The van der Waals surface area contributed by atoms with Gasteiger partial charge in [0.15, 0.2) is 11.5 Å². The molecular formula is C26H35N3O3. The molecule has 3 aromatic rings. The van der Waals surface area contributed by atoms with E-state index in [0.717, 1.165) is 42.6 Å². The standard InChI is InChI=1S/C26H35N3O3/c1-5-29(6-2)18-23(30)19-32-25-12-10-21(15-26(25)31-4)17-28(3)16-20-9-11-24-22(14-20)8-7-13-27-24/h7-15,23,30H,5-6,16-19H2,1-4H3/t23-/m0/s1. The van der Waals surface area contributed by atoms with Crippen LogP contribution in [0.3, 0.4) is 0 Å². The topological polar surface area (TPSA) is 58.1 Å². The van der Waals surface area contributed by atoms with Gasteiger partial charge in [-0.05, 0) is 61.6 Å². The highest BCUT2D eigenvalue weighted by molar-refractivity contribution is 5.78. The van der Waals surface area contributed by atoms with Crippen molar-refractivity contribution >= 4 is 10.9 Å². The lowest BCUT2D eigenvalue weighted by Crippen LogP contribution is -2.35. The van der Waals surface area contributed by atoms with Gasteiger partial charge in [0, 0.05) is 31.2 Å². The molecule has 0 saturated carbocycles. The second-order valence-corrected chi connectivity index (χ2v) is 8.14. The quantitative estimate of drug-likeness (QED) is 0.463. The van der Waals surface area contributed by atoms with E-state index in [0.29, 0.717) is 18.0 Å². The molecular weight excluding hydrogens is 402 g/mol. The number of ether oxygens (including phenoxy) is 2. The number of likely N-dealkylation sites (N-methyl/N-ethyl adjacent to an activating group) is 1. The average molecular weight is 438 g/mol. The Kier molecular flexibility index (Phi) is 8.85. The van der Waals surface area contributed by atoms with Gasteiger partial charge in [0.2, 0.25) is 0 Å². The number of nitrogens with zero attached hydrogens (tertiary/aromatic N) is 3. The van der Waals surface area contributed by atoms with Crippen LogP contribution < -0.4 is 9.47 Å². The van der Waals surface area contributed by atoms with Crippen LogP contribution in [0.25, 0.3) is 10.9 Å². The molecule has 0 radical (unpaired) electrons. The molecule has 0 fully saturated rings. The van der Waals surface area contributed by atoms with Gasteiger partial charge in [0.05, 0.1) is 12.6 Å². The van der Waals surface area contributed by atoms with Crippen LogP contribution >= 0.6 is 0 Å². The Morgan fingerprint density at radius 3 is 2.41 bits per heavy atom. The Hall–Kier alpha value is -2.67. The highest BCUT2D eigenvalue weighted by atomic mass is 16.5. The average Bonchev–Trinajstić information content (AvgIpc) is 2.81. The number of fused-ring (bicyclic) bond motifs is 1. The molecule has 0 saturated heterocycles. The first kappa shape index (κ1) is 24.0. The lowest BCUT2D eigenvalue weighted by molar-refractivity contribution is 0.0705. The largest absolute Gasteiger partial charge is 0.493 e. The fraction of sp³-hybridized carbons (Fsp3) is 0.423. The van der Waals surface area contributed by atoms with Gasteiger partial charge in [0.25, 0.3) is 0 Å². The summed E-state index contributed by atoms with van der Waals surface area (Å²) in [6, 6.07) is 16.4. The van der Waals surface area contributed by atoms with Crippen LogP contribution in [-0.4, -0.2) is 66.4 Å². The fourth-order valence-electron chi connectivity index (χ4n) is 3.85. The number of aliphatic hydroxyl groups excluding tert-OH is 1. The Morgan fingerprint density at radius 1 is 0.969 bits per heavy atom. The van der Waals surface area contributed by atoms with Gasteiger partial charge in [-0.3, -0.25) is 9.88 Å². The van der Waals surface area contributed by atoms with E-state index in [9.17, 15) is 5.11 Å². The van der Waals surface area contributed by atoms with Crippen LogP contribution in [0.1, 0.15) is 25.0 Å². The van der Waals surface area contributed by atoms with Crippen LogP contribution in [0.5, 0.6) is 11.5 Å². The summed E-state index contributed by atoms with van der Waals surface area (Å²) in [7, 11) is 3.75. The molecule has 6 nitrogen and oxygen atoms in total. The third-order valence-corrected chi connectivity index (χ3v) is 5.60. The normalized spacial score (nSPS) is 12.5. The molecule has 1 heterocycles. The van der Waals surface area contributed by atoms with Crippen molar-refractivity contribution in [2.45, 2.75) is 33.0 Å². The van der Waals surface area contributed by atoms with Gasteiger partial charge in [0.1, 0.15) is 12.7 Å². The summed E-state index contributed by atoms with van der Waals surface area (Å²) in [4.78, 5) is 8.83. The van der Waals surface area contributed by atoms with Crippen molar-refractivity contribution in [3.63, 3.8) is 0 Å². The first-order valence-electron chi connectivity index (χ1n) is 11.2. The summed E-state index contributed by atoms with van der Waals surface area (Å²) in [6.07, 6.45) is 1.28. The van der Waals surface area contributed by atoms with Crippen LogP contribution in [-0.2, 0) is 13.1 Å². The summed E-state index contributed by atoms with van der Waals surface area (Å²) >= 11 is 0. The summed E-state index contributed by atoms with van der Waals surface area (Å²) in [5, 5.41) is 11.4. The van der Waals surface area contributed by atoms with Gasteiger partial charge in [-0.2, -0.15) is 0 Å². The van der Waals surface area contributed by atoms with E-state index in [4.69, 9.17) is 9.47 Å². The Bertz CT molecular complexity index is 991. The number of hydrogen-bond acceptors (Lipinski definition) is 6. The molecule has 172 valence electrons. The molecule has 0 aliphatic heterocycles. The minimum atomic E-state index is -0.539. The van der Waals surface area contributed by atoms with Crippen LogP contribution in [0.4, 0.5) is 0 Å². The molecule has 6 heteroatoms. The molecule has 0 aliphatic carbocycles. The molecule has 32 heavy (non-hydrogen) atoms. The second-order valence-electron chi connectivity index (χ2n) is 8.14. The van der Waals surface area contributed by atoms with E-state index in [1.165, 1.54) is 5.56 Å². The van der Waals surface area contributed by atoms with Gasteiger partial charge in [-0.15, -0.1) is 0 Å². The van der Waals surface area contributed by atoms with Gasteiger partial charge < -0.3 is 19.5 Å². The number of hydrogen-bond donors (Lipinski definition) is 1. The smallest absolute Gasteiger partial charge is 0.161 e. The van der Waals surface area contributed by atoms with Crippen LogP contribution in [0.2, 0.25) is 0 Å². The Balaban J connectivity index is 1.58. The van der Waals surface area contributed by atoms with Crippen molar-refractivity contribution in [1.82, 2.24) is 14.8 Å².